The molecule has 0 amide bonds. The maximum atomic E-state index is 11.5. The van der Waals surface area contributed by atoms with Crippen LogP contribution in [0.1, 0.15) is 74.2 Å². The molecule has 164 valence electrons. The molecule has 0 aliphatic carbocycles. The van der Waals surface area contributed by atoms with Gasteiger partial charge in [-0.05, 0) is 36.5 Å². The minimum absolute atomic E-state index is 0.279. The Morgan fingerprint density at radius 3 is 2.58 bits per heavy atom. The fourth-order valence-electron chi connectivity index (χ4n) is 3.55. The quantitative estimate of drug-likeness (QED) is 0.420. The Morgan fingerprint density at radius 2 is 1.90 bits per heavy atom. The molecule has 0 saturated carbocycles. The Labute approximate surface area is 184 Å². The first-order valence-corrected chi connectivity index (χ1v) is 11.2. The van der Waals surface area contributed by atoms with Crippen LogP contribution in [0.5, 0.6) is 0 Å². The predicted molar refractivity (Wildman–Crippen MR) is 122 cm³/mol. The number of benzene rings is 1. The zero-order valence-electron chi connectivity index (χ0n) is 18.7. The van der Waals surface area contributed by atoms with Crippen molar-refractivity contribution in [2.24, 2.45) is 5.92 Å². The fourth-order valence-corrected chi connectivity index (χ4v) is 3.55. The summed E-state index contributed by atoms with van der Waals surface area (Å²) >= 11 is 0. The normalized spacial score (nSPS) is 11.2. The SMILES string of the molecule is CCCCCc1nc(CCC(C)C)nn1Cc1ccc(-c2ccccc2C(=O)O)cn1. The molecule has 6 nitrogen and oxygen atoms in total. The smallest absolute Gasteiger partial charge is 0.336 e. The van der Waals surface area contributed by atoms with Gasteiger partial charge in [0, 0.05) is 24.6 Å². The maximum Gasteiger partial charge on any atom is 0.336 e. The average molecular weight is 421 g/mol. The van der Waals surface area contributed by atoms with Gasteiger partial charge in [0.15, 0.2) is 5.82 Å². The minimum Gasteiger partial charge on any atom is -0.478 e. The van der Waals surface area contributed by atoms with E-state index < -0.39 is 5.97 Å². The second kappa shape index (κ2) is 10.8. The molecule has 3 rings (SSSR count). The molecule has 0 spiro atoms. The second-order valence-electron chi connectivity index (χ2n) is 8.38. The van der Waals surface area contributed by atoms with Crippen molar-refractivity contribution in [3.63, 3.8) is 0 Å². The van der Waals surface area contributed by atoms with E-state index >= 15 is 0 Å². The number of carboxylic acids is 1. The van der Waals surface area contributed by atoms with Crippen LogP contribution in [0.4, 0.5) is 0 Å². The molecule has 31 heavy (non-hydrogen) atoms. The van der Waals surface area contributed by atoms with Crippen LogP contribution in [-0.2, 0) is 19.4 Å². The van der Waals surface area contributed by atoms with Gasteiger partial charge in [-0.2, -0.15) is 5.10 Å². The lowest BCUT2D eigenvalue weighted by molar-refractivity contribution is 0.0697. The lowest BCUT2D eigenvalue weighted by atomic mass is 10.0. The van der Waals surface area contributed by atoms with E-state index in [1.54, 1.807) is 18.3 Å². The van der Waals surface area contributed by atoms with Crippen molar-refractivity contribution in [3.8, 4) is 11.1 Å². The number of unbranched alkanes of at least 4 members (excludes halogenated alkanes) is 2. The summed E-state index contributed by atoms with van der Waals surface area (Å²) in [7, 11) is 0. The highest BCUT2D eigenvalue weighted by Crippen LogP contribution is 2.23. The van der Waals surface area contributed by atoms with Gasteiger partial charge in [0.25, 0.3) is 0 Å². The first-order chi connectivity index (χ1) is 15.0. The summed E-state index contributed by atoms with van der Waals surface area (Å²) in [6.07, 6.45) is 8.10. The van der Waals surface area contributed by atoms with Gasteiger partial charge in [0.2, 0.25) is 0 Å². The van der Waals surface area contributed by atoms with Crippen LogP contribution in [0.2, 0.25) is 0 Å². The Bertz CT molecular complexity index is 993. The number of carboxylic acid groups (broad SMARTS) is 1. The molecule has 6 heteroatoms. The Morgan fingerprint density at radius 1 is 1.10 bits per heavy atom. The van der Waals surface area contributed by atoms with E-state index in [1.807, 2.05) is 28.9 Å². The van der Waals surface area contributed by atoms with Gasteiger partial charge in [0.1, 0.15) is 5.82 Å². The molecule has 0 radical (unpaired) electrons. The number of aryl methyl sites for hydroxylation is 2. The summed E-state index contributed by atoms with van der Waals surface area (Å²) in [6.45, 7) is 7.20. The number of hydrogen-bond donors (Lipinski definition) is 1. The van der Waals surface area contributed by atoms with E-state index in [9.17, 15) is 9.90 Å². The maximum absolute atomic E-state index is 11.5. The molecule has 0 bridgehead atoms. The largest absolute Gasteiger partial charge is 0.478 e. The number of aromatic carboxylic acids is 1. The molecular formula is C25H32N4O2. The topological polar surface area (TPSA) is 80.9 Å². The Balaban J connectivity index is 1.79. The molecule has 0 aliphatic heterocycles. The Kier molecular flexibility index (Phi) is 7.93. The van der Waals surface area contributed by atoms with Crippen molar-refractivity contribution in [3.05, 3.63) is 65.5 Å². The van der Waals surface area contributed by atoms with Crippen LogP contribution in [0.3, 0.4) is 0 Å². The van der Waals surface area contributed by atoms with Crippen molar-refractivity contribution in [2.45, 2.75) is 65.8 Å². The predicted octanol–water partition coefficient (Wildman–Crippen LogP) is 5.41. The first-order valence-electron chi connectivity index (χ1n) is 11.2. The van der Waals surface area contributed by atoms with Gasteiger partial charge in [-0.25, -0.2) is 14.5 Å². The van der Waals surface area contributed by atoms with E-state index in [2.05, 4.69) is 25.8 Å². The third-order valence-electron chi connectivity index (χ3n) is 5.35. The highest BCUT2D eigenvalue weighted by molar-refractivity contribution is 5.95. The van der Waals surface area contributed by atoms with Crippen molar-refractivity contribution in [1.29, 1.82) is 0 Å². The van der Waals surface area contributed by atoms with Gasteiger partial charge in [-0.15, -0.1) is 0 Å². The zero-order valence-corrected chi connectivity index (χ0v) is 18.7. The summed E-state index contributed by atoms with van der Waals surface area (Å²) in [6, 6.07) is 10.9. The number of pyridine rings is 1. The van der Waals surface area contributed by atoms with Gasteiger partial charge < -0.3 is 5.11 Å². The standard InChI is InChI=1S/C25H32N4O2/c1-4-5-6-11-24-27-23(15-12-18(2)3)28-29(24)17-20-14-13-19(16-26-20)21-9-7-8-10-22(21)25(30)31/h7-10,13-14,16,18H,4-6,11-12,15,17H2,1-3H3,(H,30,31). The first kappa shape index (κ1) is 22.7. The molecule has 2 aromatic heterocycles. The molecule has 0 fully saturated rings. The summed E-state index contributed by atoms with van der Waals surface area (Å²) in [5.74, 6) is 1.62. The average Bonchev–Trinajstić information content (AvgIpc) is 3.14. The Hall–Kier alpha value is -3.02. The van der Waals surface area contributed by atoms with Crippen LogP contribution in [0.15, 0.2) is 42.6 Å². The lowest BCUT2D eigenvalue weighted by Gasteiger charge is -2.08. The third kappa shape index (κ3) is 6.23. The van der Waals surface area contributed by atoms with Gasteiger partial charge >= 0.3 is 5.97 Å². The number of rotatable bonds is 11. The summed E-state index contributed by atoms with van der Waals surface area (Å²) in [5, 5.41) is 14.2. The summed E-state index contributed by atoms with van der Waals surface area (Å²) in [5.41, 5.74) is 2.63. The van der Waals surface area contributed by atoms with E-state index in [-0.39, 0.29) is 5.56 Å². The zero-order chi connectivity index (χ0) is 22.2. The van der Waals surface area contributed by atoms with Crippen LogP contribution in [0, 0.1) is 5.92 Å². The van der Waals surface area contributed by atoms with E-state index in [4.69, 9.17) is 10.1 Å². The molecule has 0 unspecified atom stereocenters. The van der Waals surface area contributed by atoms with E-state index in [1.165, 1.54) is 12.8 Å². The van der Waals surface area contributed by atoms with Crippen molar-refractivity contribution < 1.29 is 9.90 Å². The van der Waals surface area contributed by atoms with Gasteiger partial charge in [-0.1, -0.05) is 57.9 Å². The monoisotopic (exact) mass is 420 g/mol. The molecule has 2 heterocycles. The number of hydrogen-bond acceptors (Lipinski definition) is 4. The summed E-state index contributed by atoms with van der Waals surface area (Å²) in [4.78, 5) is 20.9. The van der Waals surface area contributed by atoms with Crippen LogP contribution in [-0.4, -0.2) is 30.8 Å². The van der Waals surface area contributed by atoms with Crippen molar-refractivity contribution in [1.82, 2.24) is 19.7 Å². The van der Waals surface area contributed by atoms with Crippen molar-refractivity contribution in [2.75, 3.05) is 0 Å². The van der Waals surface area contributed by atoms with E-state index in [0.717, 1.165) is 48.6 Å². The van der Waals surface area contributed by atoms with Crippen LogP contribution >= 0.6 is 0 Å². The highest BCUT2D eigenvalue weighted by atomic mass is 16.4. The number of aromatic nitrogens is 4. The fraction of sp³-hybridized carbons (Fsp3) is 0.440. The molecule has 1 aromatic carbocycles. The molecule has 0 atom stereocenters. The molecule has 1 N–H and O–H groups in total. The minimum atomic E-state index is -0.937. The van der Waals surface area contributed by atoms with Crippen LogP contribution < -0.4 is 0 Å². The highest BCUT2D eigenvalue weighted by Gasteiger charge is 2.13. The number of nitrogens with zero attached hydrogens (tertiary/aromatic N) is 4. The van der Waals surface area contributed by atoms with E-state index in [0.29, 0.717) is 18.0 Å². The van der Waals surface area contributed by atoms with Crippen LogP contribution in [0.25, 0.3) is 11.1 Å². The summed E-state index contributed by atoms with van der Waals surface area (Å²) < 4.78 is 1.98. The lowest BCUT2D eigenvalue weighted by Crippen LogP contribution is -2.09. The molecule has 0 aliphatic rings. The van der Waals surface area contributed by atoms with Gasteiger partial charge in [0.05, 0.1) is 17.8 Å². The van der Waals surface area contributed by atoms with Gasteiger partial charge in [-0.3, -0.25) is 4.98 Å². The van der Waals surface area contributed by atoms with Crippen molar-refractivity contribution >= 4 is 5.97 Å². The molecule has 3 aromatic rings. The number of carbonyl (C=O) groups is 1. The third-order valence-corrected chi connectivity index (χ3v) is 5.35. The molecular weight excluding hydrogens is 388 g/mol. The second-order valence-corrected chi connectivity index (χ2v) is 8.38. The molecule has 0 saturated heterocycles.